The van der Waals surface area contributed by atoms with Crippen molar-refractivity contribution in [2.75, 3.05) is 57.9 Å². The van der Waals surface area contributed by atoms with Gasteiger partial charge in [-0.25, -0.2) is 18.2 Å². The summed E-state index contributed by atoms with van der Waals surface area (Å²) in [5.74, 6) is 0.694. The Labute approximate surface area is 273 Å². The highest BCUT2D eigenvalue weighted by Gasteiger charge is 2.45. The molecule has 0 N–H and O–H groups in total. The fourth-order valence-corrected chi connectivity index (χ4v) is 6.26. The number of amides is 2. The van der Waals surface area contributed by atoms with Gasteiger partial charge in [0.1, 0.15) is 21.7 Å². The molecule has 2 amide bonds. The number of hydrogen-bond donors (Lipinski definition) is 0. The number of sulfone groups is 1. The van der Waals surface area contributed by atoms with Gasteiger partial charge in [-0.1, -0.05) is 47.5 Å². The van der Waals surface area contributed by atoms with Crippen LogP contribution < -0.4 is 9.47 Å². The van der Waals surface area contributed by atoms with Crippen molar-refractivity contribution in [3.63, 3.8) is 0 Å². The van der Waals surface area contributed by atoms with Crippen molar-refractivity contribution in [1.82, 2.24) is 24.7 Å². The second-order valence-electron chi connectivity index (χ2n) is 10.8. The van der Waals surface area contributed by atoms with Crippen LogP contribution in [0.4, 0.5) is 4.79 Å². The number of aliphatic imine (C=N–C) groups is 1. The third-order valence-electron chi connectivity index (χ3n) is 7.64. The fraction of sp³-hybridized carbons (Fsp3) is 0.419. The summed E-state index contributed by atoms with van der Waals surface area (Å²) in [6, 6.07) is 13.7. The van der Waals surface area contributed by atoms with Crippen LogP contribution in [0.1, 0.15) is 42.6 Å². The summed E-state index contributed by atoms with van der Waals surface area (Å²) in [5, 5.41) is 1.16. The molecule has 11 nitrogen and oxygen atoms in total. The zero-order valence-electron chi connectivity index (χ0n) is 25.4. The van der Waals surface area contributed by atoms with Gasteiger partial charge in [-0.2, -0.15) is 4.98 Å². The van der Waals surface area contributed by atoms with Gasteiger partial charge in [-0.05, 0) is 49.2 Å². The Morgan fingerprint density at radius 1 is 0.911 bits per heavy atom. The maximum absolute atomic E-state index is 14.6. The molecule has 14 heteroatoms. The topological polar surface area (TPSA) is 118 Å². The Balaban J connectivity index is 1.58. The van der Waals surface area contributed by atoms with Crippen molar-refractivity contribution in [1.29, 1.82) is 0 Å². The van der Waals surface area contributed by atoms with Gasteiger partial charge in [0, 0.05) is 55.2 Å². The lowest BCUT2D eigenvalue weighted by atomic mass is 9.94. The van der Waals surface area contributed by atoms with Crippen molar-refractivity contribution in [2.24, 2.45) is 4.99 Å². The number of nitrogens with zero attached hydrogens (tertiary/aromatic N) is 6. The summed E-state index contributed by atoms with van der Waals surface area (Å²) in [7, 11) is -3.09. The number of hydrogen-bond acceptors (Lipinski definition) is 9. The van der Waals surface area contributed by atoms with E-state index in [-0.39, 0.29) is 23.7 Å². The van der Waals surface area contributed by atoms with Gasteiger partial charge in [0.25, 0.3) is 0 Å². The highest BCUT2D eigenvalue weighted by Crippen LogP contribution is 2.45. The normalized spacial score (nSPS) is 19.0. The Morgan fingerprint density at radius 3 is 2.09 bits per heavy atom. The summed E-state index contributed by atoms with van der Waals surface area (Å²) in [4.78, 5) is 34.2. The third-order valence-corrected chi connectivity index (χ3v) is 9.07. The largest absolute Gasteiger partial charge is 0.477 e. The van der Waals surface area contributed by atoms with Crippen molar-refractivity contribution in [3.8, 4) is 11.9 Å². The van der Waals surface area contributed by atoms with Gasteiger partial charge < -0.3 is 14.4 Å². The quantitative estimate of drug-likeness (QED) is 0.298. The van der Waals surface area contributed by atoms with E-state index in [2.05, 4.69) is 14.9 Å². The van der Waals surface area contributed by atoms with Gasteiger partial charge >= 0.3 is 12.0 Å². The number of carbonyl (C=O) groups excluding carboxylic acids is 1. The molecule has 45 heavy (non-hydrogen) atoms. The Morgan fingerprint density at radius 2 is 1.51 bits per heavy atom. The summed E-state index contributed by atoms with van der Waals surface area (Å²) < 4.78 is 34.9. The second kappa shape index (κ2) is 14.3. The van der Waals surface area contributed by atoms with Crippen LogP contribution in [0.25, 0.3) is 0 Å². The number of carbonyl (C=O) groups is 1. The minimum atomic E-state index is -3.09. The molecule has 0 radical (unpaired) electrons. The molecule has 2 aliphatic rings. The summed E-state index contributed by atoms with van der Waals surface area (Å²) >= 11 is 12.5. The molecule has 240 valence electrons. The lowest BCUT2D eigenvalue weighted by Gasteiger charge is -2.39. The maximum atomic E-state index is 14.6. The van der Waals surface area contributed by atoms with E-state index in [9.17, 15) is 13.2 Å². The predicted molar refractivity (Wildman–Crippen MR) is 174 cm³/mol. The molecule has 1 fully saturated rings. The van der Waals surface area contributed by atoms with Crippen LogP contribution in [0, 0.1) is 0 Å². The van der Waals surface area contributed by atoms with E-state index < -0.39 is 21.9 Å². The molecule has 0 bridgehead atoms. The average Bonchev–Trinajstić information content (AvgIpc) is 3.41. The molecule has 0 saturated carbocycles. The molecule has 3 heterocycles. The molecule has 1 aromatic heterocycles. The van der Waals surface area contributed by atoms with Gasteiger partial charge in [0.15, 0.2) is 0 Å². The third kappa shape index (κ3) is 7.86. The Bertz CT molecular complexity index is 1630. The monoisotopic (exact) mass is 674 g/mol. The minimum absolute atomic E-state index is 0.0727. The number of halogens is 2. The first kappa shape index (κ1) is 32.9. The first-order valence-electron chi connectivity index (χ1n) is 14.8. The van der Waals surface area contributed by atoms with Crippen LogP contribution >= 0.6 is 23.2 Å². The number of urea groups is 1. The lowest BCUT2D eigenvalue weighted by Crippen LogP contribution is -2.54. The number of ether oxygens (including phenoxy) is 2. The molecule has 0 spiro atoms. The lowest BCUT2D eigenvalue weighted by molar-refractivity contribution is 0.122. The Kier molecular flexibility index (Phi) is 10.5. The highest BCUT2D eigenvalue weighted by atomic mass is 35.5. The molecule has 2 aliphatic heterocycles. The highest BCUT2D eigenvalue weighted by molar-refractivity contribution is 7.90. The van der Waals surface area contributed by atoms with Crippen molar-refractivity contribution in [2.45, 2.75) is 25.9 Å². The van der Waals surface area contributed by atoms with Crippen LogP contribution in [0.5, 0.6) is 11.9 Å². The predicted octanol–water partition coefficient (Wildman–Crippen LogP) is 4.91. The summed E-state index contributed by atoms with van der Waals surface area (Å²) in [6.07, 6.45) is 2.81. The number of piperazine rings is 1. The smallest absolute Gasteiger partial charge is 0.326 e. The van der Waals surface area contributed by atoms with Crippen LogP contribution in [0.3, 0.4) is 0 Å². The summed E-state index contributed by atoms with van der Waals surface area (Å²) in [6.45, 7) is 6.75. The zero-order chi connectivity index (χ0) is 32.1. The SMILES string of the molecule is CCOc1ncc(C2=N[C@@H](c3ccc(Cl)cc3)[C@@H](c3ccc(Cl)cc3)N2C(=O)N2CCN(CCS(C)(=O)=O)CC2)c(OCC)n1. The molecule has 1 saturated heterocycles. The summed E-state index contributed by atoms with van der Waals surface area (Å²) in [5.41, 5.74) is 2.15. The average molecular weight is 676 g/mol. The number of aromatic nitrogens is 2. The van der Waals surface area contributed by atoms with E-state index >= 15 is 0 Å². The van der Waals surface area contributed by atoms with E-state index in [0.717, 1.165) is 11.1 Å². The van der Waals surface area contributed by atoms with Crippen LogP contribution in [-0.4, -0.2) is 103 Å². The van der Waals surface area contributed by atoms with E-state index in [1.54, 1.807) is 40.3 Å². The molecular formula is C31H36Cl2N6O5S. The first-order valence-corrected chi connectivity index (χ1v) is 17.6. The molecular weight excluding hydrogens is 639 g/mol. The van der Waals surface area contributed by atoms with Gasteiger partial charge in [-0.15, -0.1) is 0 Å². The van der Waals surface area contributed by atoms with E-state index in [0.29, 0.717) is 67.4 Å². The van der Waals surface area contributed by atoms with Gasteiger partial charge in [-0.3, -0.25) is 14.8 Å². The minimum Gasteiger partial charge on any atom is -0.477 e. The Hall–Kier alpha value is -3.45. The number of rotatable bonds is 10. The molecule has 5 rings (SSSR count). The van der Waals surface area contributed by atoms with Gasteiger partial charge in [0.2, 0.25) is 5.88 Å². The van der Waals surface area contributed by atoms with Crippen molar-refractivity contribution in [3.05, 3.63) is 81.5 Å². The van der Waals surface area contributed by atoms with Crippen molar-refractivity contribution < 1.29 is 22.7 Å². The van der Waals surface area contributed by atoms with Crippen molar-refractivity contribution >= 4 is 44.9 Å². The molecule has 2 atom stereocenters. The molecule has 3 aromatic rings. The zero-order valence-corrected chi connectivity index (χ0v) is 27.7. The second-order valence-corrected chi connectivity index (χ2v) is 13.9. The van der Waals surface area contributed by atoms with Gasteiger partial charge in [0.05, 0.1) is 30.6 Å². The van der Waals surface area contributed by atoms with Crippen LogP contribution in [-0.2, 0) is 9.84 Å². The van der Waals surface area contributed by atoms with E-state index in [4.69, 9.17) is 37.7 Å². The fourth-order valence-electron chi connectivity index (χ4n) is 5.41. The van der Waals surface area contributed by atoms with Crippen LogP contribution in [0.2, 0.25) is 10.0 Å². The maximum Gasteiger partial charge on any atom is 0.326 e. The van der Waals surface area contributed by atoms with E-state index in [1.165, 1.54) is 6.26 Å². The number of amidine groups is 1. The number of benzene rings is 2. The molecule has 0 unspecified atom stereocenters. The van der Waals surface area contributed by atoms with E-state index in [1.807, 2.05) is 38.1 Å². The molecule has 0 aliphatic carbocycles. The first-order chi connectivity index (χ1) is 21.6. The van der Waals surface area contributed by atoms with Crippen LogP contribution in [0.15, 0.2) is 59.7 Å². The molecule has 2 aromatic carbocycles. The standard InChI is InChI=1S/C31H36Cl2N6O5S/c1-4-43-29-25(20-34-30(36-29)44-5-2)28-35-26(21-6-10-23(32)11-7-21)27(22-8-12-24(33)13-9-22)39(28)31(40)38-16-14-37(15-17-38)18-19-45(3,41)42/h6-13,20,26-27H,4-5,14-19H2,1-3H3/t26-,27+/m0/s1.